The number of carbonyl (C=O) groups excluding carboxylic acids is 3. The molecule has 2 saturated heterocycles. The summed E-state index contributed by atoms with van der Waals surface area (Å²) >= 11 is 7.79. The molecule has 3 aromatic carbocycles. The molecule has 0 bridgehead atoms. The van der Waals surface area contributed by atoms with Crippen molar-refractivity contribution in [3.63, 3.8) is 0 Å². The highest BCUT2D eigenvalue weighted by atomic mass is 127. The topological polar surface area (TPSA) is 192 Å². The average Bonchev–Trinajstić information content (AvgIpc) is 3.83. The summed E-state index contributed by atoms with van der Waals surface area (Å²) in [5, 5.41) is 3.92. The van der Waals surface area contributed by atoms with E-state index in [9.17, 15) is 19.9 Å². The summed E-state index contributed by atoms with van der Waals surface area (Å²) in [5.41, 5.74) is 12.1. The van der Waals surface area contributed by atoms with Crippen LogP contribution in [0.2, 0.25) is 0 Å². The van der Waals surface area contributed by atoms with E-state index in [0.717, 1.165) is 5.56 Å². The van der Waals surface area contributed by atoms with Crippen LogP contribution in [0, 0.1) is 11.8 Å². The van der Waals surface area contributed by atoms with Gasteiger partial charge in [-0.25, -0.2) is 4.79 Å². The van der Waals surface area contributed by atoms with Crippen LogP contribution in [-0.4, -0.2) is 80.6 Å². The number of azide groups is 1. The highest BCUT2D eigenvalue weighted by Gasteiger charge is 2.54. The highest BCUT2D eigenvalue weighted by Crippen LogP contribution is 2.57. The van der Waals surface area contributed by atoms with Crippen molar-refractivity contribution < 1.29 is 61.8 Å². The van der Waals surface area contributed by atoms with Gasteiger partial charge in [-0.05, 0) is 52.1 Å². The Labute approximate surface area is 333 Å². The van der Waals surface area contributed by atoms with E-state index in [0.29, 0.717) is 32.6 Å². The molecule has 4 aliphatic rings. The van der Waals surface area contributed by atoms with Crippen LogP contribution in [0.15, 0.2) is 59.7 Å². The Morgan fingerprint density at radius 1 is 1.02 bits per heavy atom. The Kier molecular flexibility index (Phi) is 11.9. The van der Waals surface area contributed by atoms with Crippen LogP contribution in [0.3, 0.4) is 0 Å². The lowest BCUT2D eigenvalue weighted by atomic mass is 9.66. The lowest BCUT2D eigenvalue weighted by Crippen LogP contribution is -2.52. The van der Waals surface area contributed by atoms with Crippen molar-refractivity contribution in [2.75, 3.05) is 37.9 Å². The lowest BCUT2D eigenvalue weighted by molar-refractivity contribution is -0.251. The van der Waals surface area contributed by atoms with Crippen molar-refractivity contribution >= 4 is 52.3 Å². The fourth-order valence-corrected chi connectivity index (χ4v) is 8.27. The van der Waals surface area contributed by atoms with E-state index in [-0.39, 0.29) is 49.6 Å². The number of cyclic esters (lactones) is 1. The van der Waals surface area contributed by atoms with Gasteiger partial charge >= 0.3 is 18.1 Å². The standard InChI is InChI=1S/C37H35ClIN3O13/c1-46-26-8-19(9-27(47-2)35(26)55-37(45)49-15-18-6-4-3-5-7-18)31-20-10-24-25(51-17-50-24)11-21(20)33(22-16-48-36(44)32(22)31)54-30-12-23(41-42-40)34(28(14-39)52-30)53-29(43)13-38/h3-11,22-23,28,30-34H,12-17H2,1-2H3/t22-,23-,28+,30-,31+,32-,33+,34-/m0/s1. The number of halogens is 2. The quantitative estimate of drug-likeness (QED) is 0.0279. The molecule has 0 amide bonds. The van der Waals surface area contributed by atoms with E-state index >= 15 is 0 Å². The zero-order chi connectivity index (χ0) is 38.6. The normalized spacial score (nSPS) is 26.1. The van der Waals surface area contributed by atoms with Gasteiger partial charge in [-0.3, -0.25) is 9.59 Å². The van der Waals surface area contributed by atoms with E-state index in [1.54, 1.807) is 12.1 Å². The Bertz CT molecular complexity index is 1960. The maximum atomic E-state index is 13.8. The van der Waals surface area contributed by atoms with E-state index in [2.05, 4.69) is 32.6 Å². The summed E-state index contributed by atoms with van der Waals surface area (Å²) in [6, 6.07) is 15.3. The molecule has 55 heavy (non-hydrogen) atoms. The second-order valence-corrected chi connectivity index (χ2v) is 14.1. The number of hydrogen-bond donors (Lipinski definition) is 0. The first-order valence-electron chi connectivity index (χ1n) is 17.2. The fourth-order valence-electron chi connectivity index (χ4n) is 7.50. The van der Waals surface area contributed by atoms with Crippen LogP contribution >= 0.6 is 34.2 Å². The first-order valence-corrected chi connectivity index (χ1v) is 19.2. The van der Waals surface area contributed by atoms with Gasteiger partial charge in [-0.1, -0.05) is 58.0 Å². The number of esters is 2. The monoisotopic (exact) mass is 891 g/mol. The first kappa shape index (κ1) is 38.6. The van der Waals surface area contributed by atoms with Crippen molar-refractivity contribution in [2.45, 2.75) is 49.6 Å². The van der Waals surface area contributed by atoms with Gasteiger partial charge in [-0.2, -0.15) is 0 Å². The van der Waals surface area contributed by atoms with Crippen LogP contribution in [0.25, 0.3) is 10.4 Å². The van der Waals surface area contributed by atoms with Crippen molar-refractivity contribution in [1.82, 2.24) is 0 Å². The highest BCUT2D eigenvalue weighted by molar-refractivity contribution is 14.1. The number of alkyl halides is 2. The molecule has 3 heterocycles. The Morgan fingerprint density at radius 2 is 1.73 bits per heavy atom. The van der Waals surface area contributed by atoms with Crippen LogP contribution in [0.1, 0.15) is 40.7 Å². The number of benzene rings is 3. The number of fused-ring (bicyclic) bond motifs is 3. The van der Waals surface area contributed by atoms with Gasteiger partial charge in [0.25, 0.3) is 0 Å². The largest absolute Gasteiger partial charge is 0.514 e. The van der Waals surface area contributed by atoms with Crippen molar-refractivity contribution in [1.29, 1.82) is 0 Å². The fraction of sp³-hybridized carbons (Fsp3) is 0.432. The van der Waals surface area contributed by atoms with Crippen molar-refractivity contribution in [3.8, 4) is 28.7 Å². The third-order valence-electron chi connectivity index (χ3n) is 9.88. The molecule has 16 nitrogen and oxygen atoms in total. The molecule has 0 spiro atoms. The van der Waals surface area contributed by atoms with Gasteiger partial charge in [0.15, 0.2) is 29.3 Å². The molecule has 0 radical (unpaired) electrons. The molecule has 3 aliphatic heterocycles. The summed E-state index contributed by atoms with van der Waals surface area (Å²) in [6.07, 6.45) is -4.20. The minimum atomic E-state index is -0.968. The zero-order valence-corrected chi connectivity index (χ0v) is 32.4. The van der Waals surface area contributed by atoms with E-state index < -0.39 is 66.5 Å². The van der Waals surface area contributed by atoms with Gasteiger partial charge in [0.1, 0.15) is 24.7 Å². The van der Waals surface area contributed by atoms with Gasteiger partial charge in [0.2, 0.25) is 12.5 Å². The second-order valence-electron chi connectivity index (χ2n) is 12.9. The SMILES string of the molecule is COc1cc([C@@H]2c3cc4c(cc3[C@@H](O[C@H]3C[C@H](N=[N+]=[N-])[C@H](OC(=O)CCl)[C@@H](CI)O3)[C@H]3COC(=O)[C@H]23)OCO4)cc(OC)c1OC(=O)OCc1ccccc1. The molecule has 0 unspecified atom stereocenters. The Hall–Kier alpha value is -4.68. The summed E-state index contributed by atoms with van der Waals surface area (Å²) in [7, 11) is 2.84. The summed E-state index contributed by atoms with van der Waals surface area (Å²) in [4.78, 5) is 41.7. The zero-order valence-electron chi connectivity index (χ0n) is 29.5. The number of hydrogen-bond acceptors (Lipinski definition) is 14. The number of methoxy groups -OCH3 is 2. The summed E-state index contributed by atoms with van der Waals surface area (Å²) in [5.74, 6) is -2.20. The molecule has 3 aromatic rings. The Balaban J connectivity index is 1.24. The molecule has 0 aromatic heterocycles. The van der Waals surface area contributed by atoms with Gasteiger partial charge < -0.3 is 47.4 Å². The van der Waals surface area contributed by atoms with Crippen LogP contribution in [-0.2, 0) is 39.9 Å². The second kappa shape index (κ2) is 17.0. The predicted molar refractivity (Wildman–Crippen MR) is 199 cm³/mol. The van der Waals surface area contributed by atoms with Gasteiger partial charge in [0.05, 0.1) is 38.9 Å². The molecule has 0 saturated carbocycles. The number of carbonyl (C=O) groups is 3. The van der Waals surface area contributed by atoms with Gasteiger partial charge in [-0.15, -0.1) is 11.6 Å². The number of nitrogens with zero attached hydrogens (tertiary/aromatic N) is 3. The van der Waals surface area contributed by atoms with E-state index in [4.69, 9.17) is 59.0 Å². The molecule has 8 atom stereocenters. The summed E-state index contributed by atoms with van der Waals surface area (Å²) in [6.45, 7) is 0.0147. The molecule has 2 fully saturated rings. The van der Waals surface area contributed by atoms with Crippen LogP contribution in [0.4, 0.5) is 4.79 Å². The van der Waals surface area contributed by atoms with Crippen molar-refractivity contribution in [2.24, 2.45) is 17.0 Å². The Morgan fingerprint density at radius 3 is 2.38 bits per heavy atom. The van der Waals surface area contributed by atoms with E-state index in [1.807, 2.05) is 42.5 Å². The average molecular weight is 892 g/mol. The lowest BCUT2D eigenvalue weighted by Gasteiger charge is -2.43. The smallest absolute Gasteiger partial charge is 0.493 e. The molecule has 7 rings (SSSR count). The first-order chi connectivity index (χ1) is 26.8. The minimum absolute atomic E-state index is 0.00327. The van der Waals surface area contributed by atoms with Gasteiger partial charge in [0, 0.05) is 27.6 Å². The molecule has 1 aliphatic carbocycles. The van der Waals surface area contributed by atoms with Crippen molar-refractivity contribution in [3.05, 3.63) is 87.3 Å². The third-order valence-corrected chi connectivity index (χ3v) is 11.0. The molecular formula is C37H35ClIN3O13. The minimum Gasteiger partial charge on any atom is -0.493 e. The van der Waals surface area contributed by atoms with Crippen LogP contribution in [0.5, 0.6) is 28.7 Å². The van der Waals surface area contributed by atoms with Crippen LogP contribution < -0.4 is 23.7 Å². The third kappa shape index (κ3) is 7.89. The number of ether oxygens (including phenoxy) is 10. The summed E-state index contributed by atoms with van der Waals surface area (Å²) < 4.78 is 58.6. The molecular weight excluding hydrogens is 857 g/mol. The maximum Gasteiger partial charge on any atom is 0.514 e. The molecule has 0 N–H and O–H groups in total. The predicted octanol–water partition coefficient (Wildman–Crippen LogP) is 6.52. The number of rotatable bonds is 12. The maximum absolute atomic E-state index is 13.8. The molecule has 290 valence electrons. The van der Waals surface area contributed by atoms with E-state index in [1.165, 1.54) is 14.2 Å². The molecule has 18 heteroatoms.